The molecule has 2 amide bonds. The fraction of sp³-hybridized carbons (Fsp3) is 0.810. The summed E-state index contributed by atoms with van der Waals surface area (Å²) in [6.07, 6.45) is 0. The SMILES string of the molecule is O=C(NCCSCSCCN=CS(=O)CSCSCSC(=O)NCCSCSCCN=CS(=O)CSCO)SCSCO. The molecule has 43 heavy (non-hydrogen) atoms. The Morgan fingerprint density at radius 3 is 1.53 bits per heavy atom. The first kappa shape index (κ1) is 45.0. The summed E-state index contributed by atoms with van der Waals surface area (Å²) in [5, 5.41) is 27.6. The Hall–Kier alpha value is 2.00. The summed E-state index contributed by atoms with van der Waals surface area (Å²) in [5.74, 6) is 3.38. The van der Waals surface area contributed by atoms with Crippen LogP contribution in [0.3, 0.4) is 0 Å². The number of nitrogens with zero attached hydrogens (tertiary/aromatic N) is 2. The van der Waals surface area contributed by atoms with Crippen LogP contribution >= 0.6 is 118 Å². The first-order chi connectivity index (χ1) is 21.0. The van der Waals surface area contributed by atoms with Gasteiger partial charge in [-0.2, -0.15) is 0 Å². The van der Waals surface area contributed by atoms with Crippen molar-refractivity contribution in [2.45, 2.75) is 0 Å². The fourth-order valence-electron chi connectivity index (χ4n) is 2.03. The van der Waals surface area contributed by atoms with Crippen LogP contribution in [0, 0.1) is 0 Å². The summed E-state index contributed by atoms with van der Waals surface area (Å²) in [5.41, 5.74) is 2.96. The van der Waals surface area contributed by atoms with Crippen LogP contribution in [0.2, 0.25) is 0 Å². The second kappa shape index (κ2) is 36.8. The smallest absolute Gasteiger partial charge is 0.279 e. The lowest BCUT2D eigenvalue weighted by molar-refractivity contribution is 0.260. The van der Waals surface area contributed by atoms with Crippen molar-refractivity contribution in [3.8, 4) is 0 Å². The van der Waals surface area contributed by atoms with Gasteiger partial charge in [0.25, 0.3) is 10.5 Å². The highest BCUT2D eigenvalue weighted by atomic mass is 32.3. The van der Waals surface area contributed by atoms with Crippen molar-refractivity contribution in [2.75, 3.05) is 96.7 Å². The molecular weight excluding hydrogens is 789 g/mol. The van der Waals surface area contributed by atoms with Gasteiger partial charge >= 0.3 is 0 Å². The lowest BCUT2D eigenvalue weighted by atomic mass is 10.8. The minimum atomic E-state index is -1.12. The van der Waals surface area contributed by atoms with Gasteiger partial charge in [-0.15, -0.1) is 94.1 Å². The molecule has 0 saturated heterocycles. The molecule has 0 aliphatic rings. The zero-order valence-corrected chi connectivity index (χ0v) is 33.3. The van der Waals surface area contributed by atoms with Gasteiger partial charge in [-0.25, -0.2) is 0 Å². The van der Waals surface area contributed by atoms with Crippen molar-refractivity contribution >= 4 is 161 Å². The van der Waals surface area contributed by atoms with E-state index in [-0.39, 0.29) is 22.4 Å². The number of hydrogen-bond donors (Lipinski definition) is 4. The number of aliphatic hydroxyl groups excluding tert-OH is 2. The first-order valence-corrected chi connectivity index (χ1v) is 26.4. The number of amides is 2. The van der Waals surface area contributed by atoms with Crippen LogP contribution in [0.4, 0.5) is 9.59 Å². The van der Waals surface area contributed by atoms with E-state index in [9.17, 15) is 18.0 Å². The third kappa shape index (κ3) is 36.7. The van der Waals surface area contributed by atoms with E-state index in [1.165, 1.54) is 46.4 Å². The first-order valence-electron chi connectivity index (χ1n) is 12.4. The zero-order valence-electron chi connectivity index (χ0n) is 23.5. The van der Waals surface area contributed by atoms with E-state index in [0.717, 1.165) is 50.0 Å². The molecule has 10 nitrogen and oxygen atoms in total. The van der Waals surface area contributed by atoms with E-state index in [1.807, 2.05) is 0 Å². The Morgan fingerprint density at radius 2 is 1.02 bits per heavy atom. The lowest BCUT2D eigenvalue weighted by Crippen LogP contribution is -2.21. The number of aliphatic imine (C=N–C) groups is 2. The van der Waals surface area contributed by atoms with Gasteiger partial charge in [0, 0.05) is 69.5 Å². The maximum Gasteiger partial charge on any atom is 0.279 e. The number of hydrogen-bond acceptors (Lipinski definition) is 18. The van der Waals surface area contributed by atoms with Crippen molar-refractivity contribution < 1.29 is 28.2 Å². The Bertz CT molecular complexity index is 804. The molecule has 4 N–H and O–H groups in total. The second-order valence-electron chi connectivity index (χ2n) is 7.03. The summed E-state index contributed by atoms with van der Waals surface area (Å²) in [6.45, 7) is 2.49. The van der Waals surface area contributed by atoms with Crippen LogP contribution < -0.4 is 10.6 Å². The molecule has 0 aromatic rings. The largest absolute Gasteiger partial charge is 0.386 e. The van der Waals surface area contributed by atoms with Crippen LogP contribution in [0.1, 0.15) is 0 Å². The molecule has 0 bridgehead atoms. The topological polar surface area (TPSA) is 158 Å². The molecule has 0 heterocycles. The lowest BCUT2D eigenvalue weighted by Gasteiger charge is -2.05. The standard InChI is InChI=1S/C21H40N4O6S12/c26-11-36-16-40-20(28)24-3-7-34-14-33-6-2-23-10-43(31)19-39-15-38-17-41-21(29)25-4-8-35-13-32-5-1-22-9-42(30)18-37-12-27/h9-10,26-27H,1-8,11-19H2,(H,24,28)(H,25,29). The number of rotatable bonds is 30. The molecule has 2 unspecified atom stereocenters. The number of carbonyl (C=O) groups is 2. The highest BCUT2D eigenvalue weighted by Gasteiger charge is 2.03. The van der Waals surface area contributed by atoms with E-state index < -0.39 is 21.6 Å². The summed E-state index contributed by atoms with van der Waals surface area (Å²) < 4.78 is 23.5. The van der Waals surface area contributed by atoms with E-state index in [2.05, 4.69) is 20.6 Å². The molecule has 0 fully saturated rings. The number of aliphatic hydroxyl groups is 2. The molecule has 0 spiro atoms. The molecule has 252 valence electrons. The minimum absolute atomic E-state index is 0.0244. The normalized spacial score (nSPS) is 13.1. The van der Waals surface area contributed by atoms with Gasteiger partial charge < -0.3 is 20.8 Å². The number of thioether (sulfide) groups is 10. The van der Waals surface area contributed by atoms with Crippen LogP contribution in [0.15, 0.2) is 9.98 Å². The highest BCUT2D eigenvalue weighted by molar-refractivity contribution is 8.28. The summed E-state index contributed by atoms with van der Waals surface area (Å²) >= 11 is 15.1. The molecule has 0 aliphatic heterocycles. The average Bonchev–Trinajstić information content (AvgIpc) is 2.99. The molecule has 0 rings (SSSR count). The Balaban J connectivity index is 3.43. The third-order valence-corrected chi connectivity index (χ3v) is 17.1. The minimum Gasteiger partial charge on any atom is -0.386 e. The summed E-state index contributed by atoms with van der Waals surface area (Å²) in [6, 6.07) is 0. The molecule has 2 atom stereocenters. The highest BCUT2D eigenvalue weighted by Crippen LogP contribution is 2.19. The quantitative estimate of drug-likeness (QED) is 0.0336. The zero-order chi connectivity index (χ0) is 31.6. The Kier molecular flexibility index (Phi) is 38.5. The molecule has 22 heteroatoms. The number of nitrogens with one attached hydrogen (secondary N) is 2. The van der Waals surface area contributed by atoms with Gasteiger partial charge in [0.15, 0.2) is 0 Å². The summed E-state index contributed by atoms with van der Waals surface area (Å²) in [4.78, 5) is 31.8. The molecule has 0 aromatic carbocycles. The maximum absolute atomic E-state index is 12.0. The molecular formula is C21H40N4O6S12. The predicted octanol–water partition coefficient (Wildman–Crippen LogP) is 4.89. The van der Waals surface area contributed by atoms with Crippen molar-refractivity contribution in [3.63, 3.8) is 0 Å². The van der Waals surface area contributed by atoms with Crippen LogP contribution in [0.25, 0.3) is 0 Å². The molecule has 0 radical (unpaired) electrons. The van der Waals surface area contributed by atoms with E-state index in [0.29, 0.717) is 46.5 Å². The fourth-order valence-corrected chi connectivity index (χ4v) is 12.9. The predicted molar refractivity (Wildman–Crippen MR) is 213 cm³/mol. The molecule has 0 aliphatic carbocycles. The molecule has 0 aromatic heterocycles. The van der Waals surface area contributed by atoms with Gasteiger partial charge in [-0.1, -0.05) is 23.5 Å². The van der Waals surface area contributed by atoms with E-state index in [4.69, 9.17) is 10.2 Å². The summed E-state index contributed by atoms with van der Waals surface area (Å²) in [7, 11) is -2.22. The van der Waals surface area contributed by atoms with Gasteiger partial charge in [0.1, 0.15) is 0 Å². The van der Waals surface area contributed by atoms with Crippen LogP contribution in [0.5, 0.6) is 0 Å². The van der Waals surface area contributed by atoms with Gasteiger partial charge in [0.2, 0.25) is 0 Å². The second-order valence-corrected chi connectivity index (χ2v) is 22.3. The third-order valence-electron chi connectivity index (χ3n) is 3.77. The Labute approximate surface area is 303 Å². The maximum atomic E-state index is 12.0. The van der Waals surface area contributed by atoms with E-state index >= 15 is 0 Å². The van der Waals surface area contributed by atoms with Crippen molar-refractivity contribution in [1.82, 2.24) is 10.6 Å². The van der Waals surface area contributed by atoms with E-state index in [1.54, 1.807) is 70.6 Å². The van der Waals surface area contributed by atoms with Crippen molar-refractivity contribution in [3.05, 3.63) is 0 Å². The van der Waals surface area contributed by atoms with Gasteiger partial charge in [-0.3, -0.25) is 28.0 Å². The monoisotopic (exact) mass is 828 g/mol. The van der Waals surface area contributed by atoms with Crippen LogP contribution in [-0.2, 0) is 21.6 Å². The van der Waals surface area contributed by atoms with Gasteiger partial charge in [-0.05, 0) is 0 Å². The molecule has 0 saturated carbocycles. The Morgan fingerprint density at radius 1 is 0.581 bits per heavy atom. The average molecular weight is 829 g/mol. The van der Waals surface area contributed by atoms with Crippen molar-refractivity contribution in [1.29, 1.82) is 0 Å². The van der Waals surface area contributed by atoms with Crippen molar-refractivity contribution in [2.24, 2.45) is 9.98 Å². The number of carbonyl (C=O) groups excluding carboxylic acids is 2. The van der Waals surface area contributed by atoms with Gasteiger partial charge in [0.05, 0.1) is 59.8 Å². The van der Waals surface area contributed by atoms with Crippen LogP contribution in [-0.4, -0.2) is 137 Å².